The lowest BCUT2D eigenvalue weighted by Gasteiger charge is -2.19. The van der Waals surface area contributed by atoms with E-state index in [1.807, 2.05) is 66.4 Å². The van der Waals surface area contributed by atoms with Gasteiger partial charge in [0.25, 0.3) is 5.91 Å². The predicted octanol–water partition coefficient (Wildman–Crippen LogP) is 4.96. The summed E-state index contributed by atoms with van der Waals surface area (Å²) < 4.78 is 0. The van der Waals surface area contributed by atoms with Crippen molar-refractivity contribution in [2.75, 3.05) is 5.75 Å². The first-order valence-corrected chi connectivity index (χ1v) is 9.98. The van der Waals surface area contributed by atoms with Crippen molar-refractivity contribution < 1.29 is 4.79 Å². The number of carbonyl (C=O) groups is 1. The predicted molar refractivity (Wildman–Crippen MR) is 110 cm³/mol. The van der Waals surface area contributed by atoms with Crippen LogP contribution in [0.15, 0.2) is 91.0 Å². The summed E-state index contributed by atoms with van der Waals surface area (Å²) >= 11 is 1.86. The van der Waals surface area contributed by atoms with Crippen LogP contribution in [0.25, 0.3) is 0 Å². The summed E-state index contributed by atoms with van der Waals surface area (Å²) in [5.41, 5.74) is 3.26. The molecule has 0 heterocycles. The molecule has 3 aromatic rings. The Morgan fingerprint density at radius 1 is 0.769 bits per heavy atom. The molecule has 0 fully saturated rings. The van der Waals surface area contributed by atoms with E-state index in [4.69, 9.17) is 0 Å². The van der Waals surface area contributed by atoms with E-state index in [0.717, 1.165) is 17.9 Å². The second kappa shape index (κ2) is 9.83. The highest BCUT2D eigenvalue weighted by Crippen LogP contribution is 2.15. The highest BCUT2D eigenvalue weighted by atomic mass is 32.2. The SMILES string of the molecule is O=C(NC(CSCc1ccccc1)Cc1ccccc1)c1ccccc1. The van der Waals surface area contributed by atoms with E-state index in [1.54, 1.807) is 0 Å². The van der Waals surface area contributed by atoms with E-state index >= 15 is 0 Å². The van der Waals surface area contributed by atoms with Gasteiger partial charge in [0.1, 0.15) is 0 Å². The van der Waals surface area contributed by atoms with Gasteiger partial charge in [0.05, 0.1) is 0 Å². The Kier molecular flexibility index (Phi) is 6.91. The Labute approximate surface area is 159 Å². The lowest BCUT2D eigenvalue weighted by Crippen LogP contribution is -2.38. The molecule has 26 heavy (non-hydrogen) atoms. The molecule has 1 N–H and O–H groups in total. The zero-order chi connectivity index (χ0) is 18.0. The van der Waals surface area contributed by atoms with Crippen molar-refractivity contribution in [1.29, 1.82) is 0 Å². The van der Waals surface area contributed by atoms with Gasteiger partial charge in [-0.3, -0.25) is 4.79 Å². The van der Waals surface area contributed by atoms with Crippen molar-refractivity contribution in [2.24, 2.45) is 0 Å². The summed E-state index contributed by atoms with van der Waals surface area (Å²) in [5.74, 6) is 1.82. The van der Waals surface area contributed by atoms with E-state index in [2.05, 4.69) is 41.7 Å². The van der Waals surface area contributed by atoms with Gasteiger partial charge in [0, 0.05) is 23.1 Å². The second-order valence-electron chi connectivity index (χ2n) is 6.23. The van der Waals surface area contributed by atoms with Crippen LogP contribution < -0.4 is 5.32 Å². The average Bonchev–Trinajstić information content (AvgIpc) is 2.70. The molecule has 3 aromatic carbocycles. The largest absolute Gasteiger partial charge is 0.348 e. The lowest BCUT2D eigenvalue weighted by atomic mass is 10.1. The maximum Gasteiger partial charge on any atom is 0.251 e. The molecule has 132 valence electrons. The average molecular weight is 362 g/mol. The molecule has 1 amide bonds. The summed E-state index contributed by atoms with van der Waals surface area (Å²) in [7, 11) is 0. The van der Waals surface area contributed by atoms with Crippen LogP contribution in [0.1, 0.15) is 21.5 Å². The molecular weight excluding hydrogens is 338 g/mol. The molecule has 2 nitrogen and oxygen atoms in total. The molecular formula is C23H23NOS. The number of hydrogen-bond acceptors (Lipinski definition) is 2. The molecule has 3 heteroatoms. The molecule has 0 aliphatic rings. The van der Waals surface area contributed by atoms with Crippen molar-refractivity contribution in [3.8, 4) is 0 Å². The van der Waals surface area contributed by atoms with Gasteiger partial charge < -0.3 is 5.32 Å². The Morgan fingerprint density at radius 3 is 1.92 bits per heavy atom. The van der Waals surface area contributed by atoms with Crippen LogP contribution in [0.5, 0.6) is 0 Å². The third-order valence-corrected chi connectivity index (χ3v) is 5.30. The fourth-order valence-corrected chi connectivity index (χ4v) is 3.83. The van der Waals surface area contributed by atoms with E-state index in [0.29, 0.717) is 5.56 Å². The summed E-state index contributed by atoms with van der Waals surface area (Å²) in [6.45, 7) is 0. The smallest absolute Gasteiger partial charge is 0.251 e. The molecule has 0 bridgehead atoms. The first-order valence-electron chi connectivity index (χ1n) is 8.83. The van der Waals surface area contributed by atoms with Gasteiger partial charge >= 0.3 is 0 Å². The third-order valence-electron chi connectivity index (χ3n) is 4.13. The van der Waals surface area contributed by atoms with Crippen LogP contribution in [-0.4, -0.2) is 17.7 Å². The monoisotopic (exact) mass is 361 g/mol. The summed E-state index contributed by atoms with van der Waals surface area (Å²) in [6.07, 6.45) is 0.835. The number of carbonyl (C=O) groups excluding carboxylic acids is 1. The number of hydrogen-bond donors (Lipinski definition) is 1. The van der Waals surface area contributed by atoms with Crippen molar-refractivity contribution in [3.05, 3.63) is 108 Å². The highest BCUT2D eigenvalue weighted by molar-refractivity contribution is 7.98. The van der Waals surface area contributed by atoms with Gasteiger partial charge in [-0.05, 0) is 29.7 Å². The van der Waals surface area contributed by atoms with Gasteiger partial charge in [-0.15, -0.1) is 0 Å². The van der Waals surface area contributed by atoms with Crippen molar-refractivity contribution in [2.45, 2.75) is 18.2 Å². The molecule has 0 aliphatic heterocycles. The molecule has 0 saturated heterocycles. The van der Waals surface area contributed by atoms with E-state index in [-0.39, 0.29) is 11.9 Å². The molecule has 1 unspecified atom stereocenters. The Hall–Kier alpha value is -2.52. The van der Waals surface area contributed by atoms with Gasteiger partial charge in [-0.2, -0.15) is 11.8 Å². The van der Waals surface area contributed by atoms with Gasteiger partial charge in [-0.25, -0.2) is 0 Å². The van der Waals surface area contributed by atoms with Gasteiger partial charge in [0.15, 0.2) is 0 Å². The Bertz CT molecular complexity index is 790. The fourth-order valence-electron chi connectivity index (χ4n) is 2.80. The molecule has 0 aliphatic carbocycles. The normalized spacial score (nSPS) is 11.7. The Balaban J connectivity index is 1.62. The van der Waals surface area contributed by atoms with Crippen LogP contribution >= 0.6 is 11.8 Å². The van der Waals surface area contributed by atoms with Crippen molar-refractivity contribution >= 4 is 17.7 Å². The van der Waals surface area contributed by atoms with E-state index in [9.17, 15) is 4.79 Å². The first kappa shape index (κ1) is 18.3. The highest BCUT2D eigenvalue weighted by Gasteiger charge is 2.14. The topological polar surface area (TPSA) is 29.1 Å². The molecule has 0 spiro atoms. The molecule has 1 atom stereocenters. The zero-order valence-electron chi connectivity index (χ0n) is 14.7. The maximum absolute atomic E-state index is 12.6. The van der Waals surface area contributed by atoms with E-state index in [1.165, 1.54) is 11.1 Å². The third kappa shape index (κ3) is 5.78. The number of rotatable bonds is 8. The summed E-state index contributed by atoms with van der Waals surface area (Å²) in [5, 5.41) is 3.21. The van der Waals surface area contributed by atoms with Gasteiger partial charge in [0.2, 0.25) is 0 Å². The number of amides is 1. The molecule has 0 aromatic heterocycles. The minimum absolute atomic E-state index is 0.00755. The summed E-state index contributed by atoms with van der Waals surface area (Å²) in [4.78, 5) is 12.6. The fraction of sp³-hybridized carbons (Fsp3) is 0.174. The van der Waals surface area contributed by atoms with Crippen LogP contribution in [0.3, 0.4) is 0 Å². The Morgan fingerprint density at radius 2 is 1.31 bits per heavy atom. The summed E-state index contributed by atoms with van der Waals surface area (Å²) in [6, 6.07) is 30.3. The molecule has 0 radical (unpaired) electrons. The molecule has 0 saturated carbocycles. The van der Waals surface area contributed by atoms with Crippen LogP contribution in [-0.2, 0) is 12.2 Å². The van der Waals surface area contributed by atoms with Gasteiger partial charge in [-0.1, -0.05) is 78.9 Å². The van der Waals surface area contributed by atoms with Crippen molar-refractivity contribution in [1.82, 2.24) is 5.32 Å². The number of benzene rings is 3. The standard InChI is InChI=1S/C23H23NOS/c25-23(21-14-8-3-9-15-21)24-22(16-19-10-4-1-5-11-19)18-26-17-20-12-6-2-7-13-20/h1-15,22H,16-18H2,(H,24,25). The quantitative estimate of drug-likeness (QED) is 0.614. The lowest BCUT2D eigenvalue weighted by molar-refractivity contribution is 0.0941. The maximum atomic E-state index is 12.6. The van der Waals surface area contributed by atoms with Crippen LogP contribution in [0.4, 0.5) is 0 Å². The van der Waals surface area contributed by atoms with Crippen molar-refractivity contribution in [3.63, 3.8) is 0 Å². The van der Waals surface area contributed by atoms with Crippen LogP contribution in [0, 0.1) is 0 Å². The number of thioether (sulfide) groups is 1. The zero-order valence-corrected chi connectivity index (χ0v) is 15.5. The number of nitrogens with one attached hydrogen (secondary N) is 1. The minimum atomic E-state index is -0.00755. The van der Waals surface area contributed by atoms with Crippen LogP contribution in [0.2, 0.25) is 0 Å². The minimum Gasteiger partial charge on any atom is -0.348 e. The molecule has 3 rings (SSSR count). The second-order valence-corrected chi connectivity index (χ2v) is 7.26. The van der Waals surface area contributed by atoms with E-state index < -0.39 is 0 Å². The first-order chi connectivity index (χ1) is 12.8.